The molecule has 1 aliphatic heterocycles. The summed E-state index contributed by atoms with van der Waals surface area (Å²) < 4.78 is 7.60. The van der Waals surface area contributed by atoms with Crippen molar-refractivity contribution >= 4 is 40.6 Å². The highest BCUT2D eigenvalue weighted by Gasteiger charge is 2.30. The first kappa shape index (κ1) is 24.0. The Hall–Kier alpha value is -3.13. The number of ether oxygens (including phenoxy) is 1. The first-order valence-corrected chi connectivity index (χ1v) is 11.9. The number of amides is 2. The van der Waals surface area contributed by atoms with Gasteiger partial charge in [-0.25, -0.2) is 9.78 Å². The molecular formula is C25H30ClN5O3. The van der Waals surface area contributed by atoms with Gasteiger partial charge in [0, 0.05) is 30.5 Å². The molecule has 34 heavy (non-hydrogen) atoms. The molecule has 180 valence electrons. The summed E-state index contributed by atoms with van der Waals surface area (Å²) in [5.41, 5.74) is 2.09. The zero-order chi connectivity index (χ0) is 24.5. The summed E-state index contributed by atoms with van der Waals surface area (Å²) in [6.45, 7) is 8.46. The number of rotatable bonds is 3. The molecule has 0 radical (unpaired) electrons. The number of likely N-dealkylation sites (tertiary alicyclic amines) is 1. The summed E-state index contributed by atoms with van der Waals surface area (Å²) in [6, 6.07) is 8.77. The van der Waals surface area contributed by atoms with E-state index in [9.17, 15) is 9.59 Å². The summed E-state index contributed by atoms with van der Waals surface area (Å²) >= 11 is 6.61. The van der Waals surface area contributed by atoms with Gasteiger partial charge in [-0.2, -0.15) is 0 Å². The first-order valence-electron chi connectivity index (χ1n) is 11.5. The second kappa shape index (κ2) is 9.62. The van der Waals surface area contributed by atoms with Crippen molar-refractivity contribution in [2.75, 3.05) is 18.4 Å². The number of hydrogen-bond acceptors (Lipinski definition) is 5. The molecular weight excluding hydrogens is 454 g/mol. The van der Waals surface area contributed by atoms with Crippen molar-refractivity contribution < 1.29 is 14.3 Å². The Morgan fingerprint density at radius 1 is 1.21 bits per heavy atom. The molecule has 0 saturated carbocycles. The second-order valence-corrected chi connectivity index (χ2v) is 10.0. The van der Waals surface area contributed by atoms with Crippen LogP contribution in [0.15, 0.2) is 36.5 Å². The van der Waals surface area contributed by atoms with Crippen molar-refractivity contribution in [2.24, 2.45) is 0 Å². The number of aryl methyl sites for hydroxylation is 1. The number of carbonyl (C=O) groups excluding carboxylic acids is 2. The van der Waals surface area contributed by atoms with E-state index in [1.807, 2.05) is 50.5 Å². The van der Waals surface area contributed by atoms with Crippen LogP contribution in [0.25, 0.3) is 11.0 Å². The van der Waals surface area contributed by atoms with E-state index in [1.54, 1.807) is 23.2 Å². The molecule has 4 rings (SSSR count). The van der Waals surface area contributed by atoms with E-state index in [0.717, 1.165) is 30.5 Å². The van der Waals surface area contributed by atoms with Crippen molar-refractivity contribution in [3.05, 3.63) is 52.8 Å². The number of hydrogen-bond donors (Lipinski definition) is 1. The maximum Gasteiger partial charge on any atom is 0.410 e. The fraction of sp³-hybridized carbons (Fsp3) is 0.440. The molecule has 8 nitrogen and oxygen atoms in total. The SMILES string of the molecule is Cc1cc(C(=O)Nc2nc3cccc(Cl)c3n2C2CCCCN(C(=O)OC(C)(C)C)C2)ccn1. The van der Waals surface area contributed by atoms with E-state index < -0.39 is 5.60 Å². The summed E-state index contributed by atoms with van der Waals surface area (Å²) in [6.07, 6.45) is 3.87. The van der Waals surface area contributed by atoms with Crippen LogP contribution >= 0.6 is 11.6 Å². The fourth-order valence-corrected chi connectivity index (χ4v) is 4.49. The number of halogens is 1. The first-order chi connectivity index (χ1) is 16.1. The minimum absolute atomic E-state index is 0.130. The normalized spacial score (nSPS) is 16.9. The molecule has 1 N–H and O–H groups in total. The highest BCUT2D eigenvalue weighted by Crippen LogP contribution is 2.34. The van der Waals surface area contributed by atoms with Crippen molar-refractivity contribution in [2.45, 2.75) is 58.6 Å². The topological polar surface area (TPSA) is 89.4 Å². The zero-order valence-corrected chi connectivity index (χ0v) is 20.7. The number of fused-ring (bicyclic) bond motifs is 1. The smallest absolute Gasteiger partial charge is 0.410 e. The number of nitrogens with zero attached hydrogens (tertiary/aromatic N) is 4. The number of pyridine rings is 1. The van der Waals surface area contributed by atoms with Gasteiger partial charge in [-0.3, -0.25) is 15.1 Å². The third-order valence-electron chi connectivity index (χ3n) is 5.71. The Labute approximate surface area is 204 Å². The van der Waals surface area contributed by atoms with Gasteiger partial charge < -0.3 is 14.2 Å². The number of imidazole rings is 1. The summed E-state index contributed by atoms with van der Waals surface area (Å²) in [4.78, 5) is 36.5. The standard InChI is InChI=1S/C25H30ClN5O3/c1-16-14-17(11-12-27-16)22(32)29-23-28-20-10-7-9-19(26)21(20)31(23)18-8-5-6-13-30(15-18)24(33)34-25(2,3)4/h7,9-12,14,18H,5-6,8,13,15H2,1-4H3,(H,28,29,32). The molecule has 1 unspecified atom stereocenters. The largest absolute Gasteiger partial charge is 0.444 e. The van der Waals surface area contributed by atoms with Crippen LogP contribution in [0.5, 0.6) is 0 Å². The number of nitrogens with one attached hydrogen (secondary N) is 1. The van der Waals surface area contributed by atoms with Crippen LogP contribution in [0.4, 0.5) is 10.7 Å². The third kappa shape index (κ3) is 5.33. The number of aromatic nitrogens is 3. The maximum atomic E-state index is 13.1. The molecule has 0 aliphatic carbocycles. The van der Waals surface area contributed by atoms with E-state index in [-0.39, 0.29) is 18.0 Å². The van der Waals surface area contributed by atoms with E-state index in [0.29, 0.717) is 35.1 Å². The van der Waals surface area contributed by atoms with Gasteiger partial charge in [0.2, 0.25) is 5.95 Å². The predicted octanol–water partition coefficient (Wildman–Crippen LogP) is 5.61. The van der Waals surface area contributed by atoms with Gasteiger partial charge in [0.1, 0.15) is 5.60 Å². The van der Waals surface area contributed by atoms with Crippen molar-refractivity contribution in [1.82, 2.24) is 19.4 Å². The van der Waals surface area contributed by atoms with Crippen molar-refractivity contribution in [1.29, 1.82) is 0 Å². The lowest BCUT2D eigenvalue weighted by Crippen LogP contribution is -2.39. The van der Waals surface area contributed by atoms with Gasteiger partial charge in [-0.05, 0) is 71.2 Å². The molecule has 3 heterocycles. The molecule has 0 spiro atoms. The predicted molar refractivity (Wildman–Crippen MR) is 132 cm³/mol. The zero-order valence-electron chi connectivity index (χ0n) is 20.0. The molecule has 9 heteroatoms. The van der Waals surface area contributed by atoms with E-state index in [4.69, 9.17) is 21.3 Å². The highest BCUT2D eigenvalue weighted by molar-refractivity contribution is 6.35. The molecule has 1 fully saturated rings. The maximum absolute atomic E-state index is 13.1. The molecule has 2 amide bonds. The molecule has 3 aromatic rings. The van der Waals surface area contributed by atoms with Gasteiger partial charge >= 0.3 is 6.09 Å². The average Bonchev–Trinajstić information content (AvgIpc) is 2.95. The number of para-hydroxylation sites is 1. The van der Waals surface area contributed by atoms with Gasteiger partial charge in [0.05, 0.1) is 22.1 Å². The molecule has 1 saturated heterocycles. The molecule has 0 bridgehead atoms. The minimum atomic E-state index is -0.578. The van der Waals surface area contributed by atoms with E-state index in [2.05, 4.69) is 10.3 Å². The molecule has 2 aromatic heterocycles. The Bertz CT molecular complexity index is 1220. The summed E-state index contributed by atoms with van der Waals surface area (Å²) in [5.74, 6) is 0.120. The molecule has 1 aliphatic rings. The monoisotopic (exact) mass is 483 g/mol. The lowest BCUT2D eigenvalue weighted by molar-refractivity contribution is 0.0238. The Kier molecular flexibility index (Phi) is 6.79. The van der Waals surface area contributed by atoms with Gasteiger partial charge in [0.25, 0.3) is 5.91 Å². The van der Waals surface area contributed by atoms with Gasteiger partial charge in [0.15, 0.2) is 0 Å². The van der Waals surface area contributed by atoms with Gasteiger partial charge in [-0.1, -0.05) is 17.7 Å². The van der Waals surface area contributed by atoms with Crippen LogP contribution in [0, 0.1) is 6.92 Å². The minimum Gasteiger partial charge on any atom is -0.444 e. The van der Waals surface area contributed by atoms with Crippen LogP contribution in [-0.2, 0) is 4.74 Å². The summed E-state index contributed by atoms with van der Waals surface area (Å²) in [5, 5.41) is 3.50. The summed E-state index contributed by atoms with van der Waals surface area (Å²) in [7, 11) is 0. The van der Waals surface area contributed by atoms with Crippen LogP contribution in [0.2, 0.25) is 5.02 Å². The second-order valence-electron chi connectivity index (χ2n) is 9.63. The van der Waals surface area contributed by atoms with Crippen molar-refractivity contribution in [3.8, 4) is 0 Å². The van der Waals surface area contributed by atoms with Crippen molar-refractivity contribution in [3.63, 3.8) is 0 Å². The van der Waals surface area contributed by atoms with Crippen LogP contribution in [0.3, 0.4) is 0 Å². The number of carbonyl (C=O) groups is 2. The van der Waals surface area contributed by atoms with Gasteiger partial charge in [-0.15, -0.1) is 0 Å². The molecule has 1 atom stereocenters. The van der Waals surface area contributed by atoms with Crippen LogP contribution < -0.4 is 5.32 Å². The molecule has 1 aromatic carbocycles. The van der Waals surface area contributed by atoms with E-state index >= 15 is 0 Å². The lowest BCUT2D eigenvalue weighted by Gasteiger charge is -2.29. The third-order valence-corrected chi connectivity index (χ3v) is 6.01. The van der Waals surface area contributed by atoms with Crippen LogP contribution in [0.1, 0.15) is 62.1 Å². The lowest BCUT2D eigenvalue weighted by atomic mass is 10.1. The number of benzene rings is 1. The Morgan fingerprint density at radius 3 is 2.74 bits per heavy atom. The van der Waals surface area contributed by atoms with Crippen LogP contribution in [-0.4, -0.2) is 50.1 Å². The van der Waals surface area contributed by atoms with E-state index in [1.165, 1.54) is 0 Å². The number of anilines is 1. The Morgan fingerprint density at radius 2 is 2.00 bits per heavy atom. The fourth-order valence-electron chi connectivity index (χ4n) is 4.23. The quantitative estimate of drug-likeness (QED) is 0.523. The highest BCUT2D eigenvalue weighted by atomic mass is 35.5. The average molecular weight is 484 g/mol. The Balaban J connectivity index is 1.71.